The summed E-state index contributed by atoms with van der Waals surface area (Å²) in [5.74, 6) is 1.49. The number of hydrogen-bond donors (Lipinski definition) is 2. The van der Waals surface area contributed by atoms with E-state index in [-0.39, 0.29) is 12.1 Å². The van der Waals surface area contributed by atoms with Gasteiger partial charge in [-0.3, -0.25) is 9.97 Å². The molecule has 2 atom stereocenters. The molecule has 1 aromatic carbocycles. The number of nitrogens with one attached hydrogen (secondary N) is 1. The number of anilines is 1. The number of ether oxygens (including phenoxy) is 1. The number of hydrogen-bond acceptors (Lipinski definition) is 7. The summed E-state index contributed by atoms with van der Waals surface area (Å²) >= 11 is 1.58. The van der Waals surface area contributed by atoms with E-state index in [0.717, 1.165) is 63.7 Å². The van der Waals surface area contributed by atoms with Crippen LogP contribution in [0.1, 0.15) is 25.7 Å². The van der Waals surface area contributed by atoms with Crippen molar-refractivity contribution < 1.29 is 9.84 Å². The molecule has 3 heterocycles. The van der Waals surface area contributed by atoms with E-state index < -0.39 is 0 Å². The second-order valence-electron chi connectivity index (χ2n) is 7.46. The summed E-state index contributed by atoms with van der Waals surface area (Å²) < 4.78 is 7.25. The van der Waals surface area contributed by atoms with Crippen LogP contribution in [-0.2, 0) is 0 Å². The zero-order chi connectivity index (χ0) is 20.3. The number of thiazole rings is 1. The Morgan fingerprint density at radius 1 is 1.00 bits per heavy atom. The van der Waals surface area contributed by atoms with E-state index in [9.17, 15) is 5.11 Å². The molecule has 0 bridgehead atoms. The Balaban J connectivity index is 1.39. The summed E-state index contributed by atoms with van der Waals surface area (Å²) in [4.78, 5) is 13.0. The fraction of sp³-hybridized carbons (Fsp3) is 0.261. The third-order valence-corrected chi connectivity index (χ3v) is 6.35. The molecule has 0 unspecified atom stereocenters. The Labute approximate surface area is 178 Å². The standard InChI is InChI=1S/C23H22N4O2S/c28-20-4-2-1-3-18(20)26-23-27-19-6-5-16(13-22(19)30-23)29-21-9-12-25-14-17(21)15-7-10-24-11-8-15/h5-14,18,20,28H,1-4H2,(H,26,27)/t18-,20-/m1/s1. The molecule has 2 N–H and O–H groups in total. The van der Waals surface area contributed by atoms with Gasteiger partial charge in [0.25, 0.3) is 0 Å². The number of rotatable bonds is 5. The van der Waals surface area contributed by atoms with E-state index >= 15 is 0 Å². The fourth-order valence-corrected chi connectivity index (χ4v) is 4.77. The number of benzene rings is 1. The fourth-order valence-electron chi connectivity index (χ4n) is 3.81. The second kappa shape index (κ2) is 8.38. The number of fused-ring (bicyclic) bond motifs is 1. The molecule has 0 amide bonds. The average Bonchev–Trinajstić information content (AvgIpc) is 3.18. The van der Waals surface area contributed by atoms with Crippen LogP contribution >= 0.6 is 11.3 Å². The first-order valence-corrected chi connectivity index (χ1v) is 11.0. The van der Waals surface area contributed by atoms with Crippen LogP contribution in [0.2, 0.25) is 0 Å². The molecular formula is C23H22N4O2S. The third kappa shape index (κ3) is 3.99. The molecule has 5 rings (SSSR count). The molecule has 0 aliphatic heterocycles. The minimum atomic E-state index is -0.303. The van der Waals surface area contributed by atoms with Gasteiger partial charge in [-0.05, 0) is 48.7 Å². The van der Waals surface area contributed by atoms with E-state index in [1.54, 1.807) is 36.1 Å². The maximum atomic E-state index is 10.2. The van der Waals surface area contributed by atoms with Crippen molar-refractivity contribution in [1.82, 2.24) is 15.0 Å². The lowest BCUT2D eigenvalue weighted by Gasteiger charge is -2.27. The van der Waals surface area contributed by atoms with Crippen molar-refractivity contribution >= 4 is 26.7 Å². The Kier molecular flexibility index (Phi) is 5.29. The highest BCUT2D eigenvalue weighted by Crippen LogP contribution is 2.35. The predicted molar refractivity (Wildman–Crippen MR) is 119 cm³/mol. The average molecular weight is 419 g/mol. The van der Waals surface area contributed by atoms with Gasteiger partial charge in [0.1, 0.15) is 11.5 Å². The molecule has 3 aromatic heterocycles. The first-order chi connectivity index (χ1) is 14.8. The van der Waals surface area contributed by atoms with Crippen LogP contribution in [0.5, 0.6) is 11.5 Å². The number of aliphatic hydroxyl groups is 1. The molecule has 1 saturated carbocycles. The SMILES string of the molecule is O[C@@H]1CCCC[C@H]1Nc1nc2ccc(Oc3ccncc3-c3ccncc3)cc2s1. The van der Waals surface area contributed by atoms with Gasteiger partial charge >= 0.3 is 0 Å². The summed E-state index contributed by atoms with van der Waals surface area (Å²) in [6.07, 6.45) is 10.8. The summed E-state index contributed by atoms with van der Waals surface area (Å²) in [5, 5.41) is 14.5. The second-order valence-corrected chi connectivity index (χ2v) is 8.49. The Bertz CT molecular complexity index is 1150. The Morgan fingerprint density at radius 2 is 1.83 bits per heavy atom. The van der Waals surface area contributed by atoms with Crippen LogP contribution in [0.25, 0.3) is 21.3 Å². The van der Waals surface area contributed by atoms with E-state index in [2.05, 4.69) is 20.3 Å². The van der Waals surface area contributed by atoms with E-state index in [0.29, 0.717) is 0 Å². The van der Waals surface area contributed by atoms with Gasteiger partial charge in [0, 0.05) is 36.4 Å². The van der Waals surface area contributed by atoms with Crippen LogP contribution in [0.4, 0.5) is 5.13 Å². The molecule has 4 aromatic rings. The van der Waals surface area contributed by atoms with Gasteiger partial charge in [-0.15, -0.1) is 0 Å². The normalized spacial score (nSPS) is 19.0. The lowest BCUT2D eigenvalue weighted by atomic mass is 9.93. The zero-order valence-corrected chi connectivity index (χ0v) is 17.2. The van der Waals surface area contributed by atoms with Gasteiger partial charge in [-0.1, -0.05) is 24.2 Å². The molecule has 0 saturated heterocycles. The van der Waals surface area contributed by atoms with Gasteiger partial charge in [-0.2, -0.15) is 0 Å². The minimum absolute atomic E-state index is 0.0785. The van der Waals surface area contributed by atoms with Gasteiger partial charge < -0.3 is 15.2 Å². The molecule has 152 valence electrons. The summed E-state index contributed by atoms with van der Waals surface area (Å²) in [6.45, 7) is 0. The van der Waals surface area contributed by atoms with Crippen molar-refractivity contribution in [3.05, 3.63) is 61.2 Å². The Hall–Kier alpha value is -3.03. The predicted octanol–water partition coefficient (Wildman–Crippen LogP) is 5.26. The van der Waals surface area contributed by atoms with Crippen molar-refractivity contribution in [2.75, 3.05) is 5.32 Å². The maximum Gasteiger partial charge on any atom is 0.184 e. The topological polar surface area (TPSA) is 80.2 Å². The van der Waals surface area contributed by atoms with Gasteiger partial charge in [0.15, 0.2) is 5.13 Å². The van der Waals surface area contributed by atoms with Crippen molar-refractivity contribution in [2.24, 2.45) is 0 Å². The highest BCUT2D eigenvalue weighted by Gasteiger charge is 2.23. The van der Waals surface area contributed by atoms with Crippen molar-refractivity contribution in [3.63, 3.8) is 0 Å². The molecule has 7 heteroatoms. The minimum Gasteiger partial charge on any atom is -0.457 e. The monoisotopic (exact) mass is 418 g/mol. The number of nitrogens with zero attached hydrogens (tertiary/aromatic N) is 3. The summed E-state index contributed by atoms with van der Waals surface area (Å²) in [6, 6.07) is 11.7. The first kappa shape index (κ1) is 19.0. The van der Waals surface area contributed by atoms with Crippen LogP contribution in [-0.4, -0.2) is 32.2 Å². The van der Waals surface area contributed by atoms with Crippen LogP contribution in [0.3, 0.4) is 0 Å². The number of aromatic nitrogens is 3. The molecule has 1 aliphatic carbocycles. The molecular weight excluding hydrogens is 396 g/mol. The lowest BCUT2D eigenvalue weighted by molar-refractivity contribution is 0.116. The smallest absolute Gasteiger partial charge is 0.184 e. The number of aliphatic hydroxyl groups excluding tert-OH is 1. The first-order valence-electron chi connectivity index (χ1n) is 10.1. The van der Waals surface area contributed by atoms with Crippen molar-refractivity contribution in [3.8, 4) is 22.6 Å². The summed E-state index contributed by atoms with van der Waals surface area (Å²) in [5.41, 5.74) is 2.84. The van der Waals surface area contributed by atoms with Crippen LogP contribution in [0, 0.1) is 0 Å². The van der Waals surface area contributed by atoms with Crippen molar-refractivity contribution in [1.29, 1.82) is 0 Å². The van der Waals surface area contributed by atoms with Gasteiger partial charge in [0.2, 0.25) is 0 Å². The van der Waals surface area contributed by atoms with E-state index in [1.807, 2.05) is 36.4 Å². The highest BCUT2D eigenvalue weighted by molar-refractivity contribution is 7.22. The highest BCUT2D eigenvalue weighted by atomic mass is 32.1. The van der Waals surface area contributed by atoms with Crippen LogP contribution in [0.15, 0.2) is 61.2 Å². The molecule has 0 spiro atoms. The quantitative estimate of drug-likeness (QED) is 0.460. The van der Waals surface area contributed by atoms with Gasteiger partial charge in [-0.25, -0.2) is 4.98 Å². The molecule has 1 aliphatic rings. The number of pyridine rings is 2. The molecule has 1 fully saturated rings. The zero-order valence-electron chi connectivity index (χ0n) is 16.4. The lowest BCUT2D eigenvalue weighted by Crippen LogP contribution is -2.36. The van der Waals surface area contributed by atoms with Gasteiger partial charge in [0.05, 0.1) is 22.4 Å². The summed E-state index contributed by atoms with van der Waals surface area (Å²) in [7, 11) is 0. The molecule has 6 nitrogen and oxygen atoms in total. The molecule has 30 heavy (non-hydrogen) atoms. The Morgan fingerprint density at radius 3 is 2.70 bits per heavy atom. The van der Waals surface area contributed by atoms with Crippen LogP contribution < -0.4 is 10.1 Å². The van der Waals surface area contributed by atoms with E-state index in [1.165, 1.54) is 0 Å². The maximum absolute atomic E-state index is 10.2. The molecule has 0 radical (unpaired) electrons. The van der Waals surface area contributed by atoms with E-state index in [4.69, 9.17) is 4.74 Å². The largest absolute Gasteiger partial charge is 0.457 e. The van der Waals surface area contributed by atoms with Crippen molar-refractivity contribution in [2.45, 2.75) is 37.8 Å². The third-order valence-electron chi connectivity index (χ3n) is 5.40.